The summed E-state index contributed by atoms with van der Waals surface area (Å²) in [6, 6.07) is 20.4. The van der Waals surface area contributed by atoms with Crippen molar-refractivity contribution in [3.63, 3.8) is 0 Å². The highest BCUT2D eigenvalue weighted by molar-refractivity contribution is 6.02. The van der Waals surface area contributed by atoms with Crippen LogP contribution in [0.5, 0.6) is 0 Å². The lowest BCUT2D eigenvalue weighted by atomic mass is 9.95. The van der Waals surface area contributed by atoms with Gasteiger partial charge < -0.3 is 4.74 Å². The first kappa shape index (κ1) is 16.8. The van der Waals surface area contributed by atoms with E-state index in [1.165, 1.54) is 18.4 Å². The Labute approximate surface area is 154 Å². The molecule has 4 nitrogen and oxygen atoms in total. The van der Waals surface area contributed by atoms with Gasteiger partial charge in [-0.3, -0.25) is 0 Å². The Morgan fingerprint density at radius 3 is 2.35 bits per heavy atom. The number of nitrogens with zero attached hydrogens (tertiary/aromatic N) is 2. The lowest BCUT2D eigenvalue weighted by Gasteiger charge is -2.21. The molecule has 0 radical (unpaired) electrons. The van der Waals surface area contributed by atoms with E-state index in [1.54, 1.807) is 5.01 Å². The van der Waals surface area contributed by atoms with Crippen LogP contribution in [0.15, 0.2) is 65.8 Å². The molecule has 0 spiro atoms. The molecule has 4 rings (SSSR count). The van der Waals surface area contributed by atoms with Crippen LogP contribution < -0.4 is 0 Å². The van der Waals surface area contributed by atoms with Crippen molar-refractivity contribution in [1.29, 1.82) is 0 Å². The van der Waals surface area contributed by atoms with E-state index in [1.807, 2.05) is 36.4 Å². The molecule has 1 atom stereocenters. The number of ether oxygens (including phenoxy) is 1. The summed E-state index contributed by atoms with van der Waals surface area (Å²) >= 11 is 0. The van der Waals surface area contributed by atoms with E-state index in [2.05, 4.69) is 24.3 Å². The Morgan fingerprint density at radius 1 is 1.00 bits per heavy atom. The molecule has 26 heavy (non-hydrogen) atoms. The number of carbonyl (C=O) groups is 1. The molecule has 0 unspecified atom stereocenters. The van der Waals surface area contributed by atoms with Crippen LogP contribution in [0.2, 0.25) is 0 Å². The zero-order chi connectivity index (χ0) is 17.8. The lowest BCUT2D eigenvalue weighted by Crippen LogP contribution is -2.33. The maximum absolute atomic E-state index is 12.4. The van der Waals surface area contributed by atoms with Crippen LogP contribution in [0.3, 0.4) is 0 Å². The smallest absolute Gasteiger partial charge is 0.430 e. The molecule has 0 aromatic heterocycles. The number of benzene rings is 2. The van der Waals surface area contributed by atoms with E-state index >= 15 is 0 Å². The van der Waals surface area contributed by atoms with Gasteiger partial charge in [-0.2, -0.15) is 10.1 Å². The largest absolute Gasteiger partial charge is 0.446 e. The van der Waals surface area contributed by atoms with Crippen molar-refractivity contribution < 1.29 is 9.53 Å². The fourth-order valence-corrected chi connectivity index (χ4v) is 3.91. The van der Waals surface area contributed by atoms with Crippen LogP contribution in [0.1, 0.15) is 36.8 Å². The van der Waals surface area contributed by atoms with Gasteiger partial charge in [-0.15, -0.1) is 0 Å². The fraction of sp³-hybridized carbons (Fsp3) is 0.364. The van der Waals surface area contributed by atoms with Crippen molar-refractivity contribution >= 4 is 11.8 Å². The topological polar surface area (TPSA) is 41.9 Å². The van der Waals surface area contributed by atoms with E-state index in [4.69, 9.17) is 9.84 Å². The minimum absolute atomic E-state index is 0.0509. The quantitative estimate of drug-likeness (QED) is 0.739. The first-order valence-corrected chi connectivity index (χ1v) is 9.45. The van der Waals surface area contributed by atoms with Gasteiger partial charge in [-0.1, -0.05) is 73.5 Å². The summed E-state index contributed by atoms with van der Waals surface area (Å²) in [6.45, 7) is 0.393. The molecule has 1 aliphatic carbocycles. The van der Waals surface area contributed by atoms with Gasteiger partial charge in [0, 0.05) is 5.92 Å². The highest BCUT2D eigenvalue weighted by Gasteiger charge is 2.35. The van der Waals surface area contributed by atoms with Crippen LogP contribution in [0.4, 0.5) is 4.79 Å². The standard InChI is InChI=1S/C22H24N2O2/c25-22-24(20(16-26-22)15-17-9-3-1-4-10-17)23-21(19-13-7-8-14-19)18-11-5-2-6-12-18/h1-6,9-12,19-20H,7-8,13-16H2/b23-21+/t20-/m0/s1. The number of rotatable bonds is 5. The average molecular weight is 348 g/mol. The van der Waals surface area contributed by atoms with E-state index < -0.39 is 0 Å². The zero-order valence-electron chi connectivity index (χ0n) is 14.9. The third-order valence-corrected chi connectivity index (χ3v) is 5.27. The van der Waals surface area contributed by atoms with E-state index in [9.17, 15) is 4.79 Å². The second-order valence-electron chi connectivity index (χ2n) is 7.10. The minimum Gasteiger partial charge on any atom is -0.446 e. The van der Waals surface area contributed by atoms with Gasteiger partial charge in [0.2, 0.25) is 0 Å². The summed E-state index contributed by atoms with van der Waals surface area (Å²) < 4.78 is 5.33. The van der Waals surface area contributed by atoms with Gasteiger partial charge in [-0.25, -0.2) is 4.79 Å². The van der Waals surface area contributed by atoms with Gasteiger partial charge >= 0.3 is 6.09 Å². The Balaban J connectivity index is 1.63. The number of cyclic esters (lactones) is 1. The van der Waals surface area contributed by atoms with Crippen molar-refractivity contribution in [2.75, 3.05) is 6.61 Å². The van der Waals surface area contributed by atoms with Gasteiger partial charge in [0.05, 0.1) is 11.8 Å². The molecule has 4 heteroatoms. The molecule has 2 fully saturated rings. The summed E-state index contributed by atoms with van der Waals surface area (Å²) in [6.07, 6.45) is 5.16. The van der Waals surface area contributed by atoms with Gasteiger partial charge in [0.15, 0.2) is 0 Å². The van der Waals surface area contributed by atoms with Crippen molar-refractivity contribution in [3.8, 4) is 0 Å². The van der Waals surface area contributed by atoms with Crippen molar-refractivity contribution in [1.82, 2.24) is 5.01 Å². The molecule has 1 saturated heterocycles. The molecule has 134 valence electrons. The average Bonchev–Trinajstić information content (AvgIpc) is 3.32. The zero-order valence-corrected chi connectivity index (χ0v) is 14.9. The highest BCUT2D eigenvalue weighted by Crippen LogP contribution is 2.30. The Hall–Kier alpha value is -2.62. The number of hydrogen-bond acceptors (Lipinski definition) is 3. The van der Waals surface area contributed by atoms with Crippen LogP contribution in [0, 0.1) is 5.92 Å². The third kappa shape index (κ3) is 3.64. The molecule has 1 aliphatic heterocycles. The molecule has 0 bridgehead atoms. The predicted molar refractivity (Wildman–Crippen MR) is 102 cm³/mol. The van der Waals surface area contributed by atoms with Crippen LogP contribution in [0.25, 0.3) is 0 Å². The van der Waals surface area contributed by atoms with E-state index in [-0.39, 0.29) is 12.1 Å². The van der Waals surface area contributed by atoms with Crippen LogP contribution >= 0.6 is 0 Å². The van der Waals surface area contributed by atoms with Crippen molar-refractivity contribution in [3.05, 3.63) is 71.8 Å². The molecular formula is C22H24N2O2. The number of carbonyl (C=O) groups excluding carboxylic acids is 1. The predicted octanol–water partition coefficient (Wildman–Crippen LogP) is 4.64. The lowest BCUT2D eigenvalue weighted by molar-refractivity contribution is 0.158. The Bertz CT molecular complexity index is 767. The summed E-state index contributed by atoms with van der Waals surface area (Å²) in [4.78, 5) is 12.4. The molecule has 2 aliphatic rings. The summed E-state index contributed by atoms with van der Waals surface area (Å²) in [7, 11) is 0. The van der Waals surface area contributed by atoms with Gasteiger partial charge in [-0.05, 0) is 30.4 Å². The molecule has 0 N–H and O–H groups in total. The number of hydrazone groups is 1. The molecule has 1 saturated carbocycles. The molecule has 1 amide bonds. The number of hydrogen-bond donors (Lipinski definition) is 0. The maximum Gasteiger partial charge on any atom is 0.430 e. The monoisotopic (exact) mass is 348 g/mol. The summed E-state index contributed by atoms with van der Waals surface area (Å²) in [5, 5.41) is 6.44. The van der Waals surface area contributed by atoms with E-state index in [0.717, 1.165) is 30.5 Å². The van der Waals surface area contributed by atoms with Crippen molar-refractivity contribution in [2.45, 2.75) is 38.1 Å². The second kappa shape index (κ2) is 7.73. The molecule has 2 aromatic carbocycles. The summed E-state index contributed by atoms with van der Waals surface area (Å²) in [5.41, 5.74) is 3.33. The normalized spacial score (nSPS) is 21.2. The third-order valence-electron chi connectivity index (χ3n) is 5.27. The van der Waals surface area contributed by atoms with Crippen LogP contribution in [-0.4, -0.2) is 29.5 Å². The Morgan fingerprint density at radius 2 is 1.65 bits per heavy atom. The molecular weight excluding hydrogens is 324 g/mol. The van der Waals surface area contributed by atoms with Gasteiger partial charge in [0.25, 0.3) is 0 Å². The Kier molecular flexibility index (Phi) is 5.00. The first-order valence-electron chi connectivity index (χ1n) is 9.45. The van der Waals surface area contributed by atoms with Crippen molar-refractivity contribution in [2.24, 2.45) is 11.0 Å². The number of amides is 1. The molecule has 2 aromatic rings. The highest BCUT2D eigenvalue weighted by atomic mass is 16.6. The SMILES string of the molecule is O=C1OC[C@H](Cc2ccccc2)N1/N=C(\c1ccccc1)C1CCCC1. The van der Waals surface area contributed by atoms with Gasteiger partial charge in [0.1, 0.15) is 6.61 Å². The minimum atomic E-state index is -0.336. The van der Waals surface area contributed by atoms with E-state index in [0.29, 0.717) is 12.5 Å². The van der Waals surface area contributed by atoms with Crippen LogP contribution in [-0.2, 0) is 11.2 Å². The fourth-order valence-electron chi connectivity index (χ4n) is 3.91. The molecule has 1 heterocycles. The first-order chi connectivity index (χ1) is 12.8. The maximum atomic E-state index is 12.4. The second-order valence-corrected chi connectivity index (χ2v) is 7.10. The summed E-state index contributed by atoms with van der Waals surface area (Å²) in [5.74, 6) is 0.420.